The number of aliphatic hydroxyl groups excluding tert-OH is 1. The van der Waals surface area contributed by atoms with Crippen LogP contribution in [0.5, 0.6) is 0 Å². The van der Waals surface area contributed by atoms with Crippen molar-refractivity contribution in [3.8, 4) is 0 Å². The van der Waals surface area contributed by atoms with Gasteiger partial charge < -0.3 is 9.84 Å². The summed E-state index contributed by atoms with van der Waals surface area (Å²) in [6.45, 7) is 1.33. The SMILES string of the molecule is CC1CC([C@H]2C[C@@H]([18F])[C@@H](CO)O2)C(=O)NC1=O. The third-order valence-electron chi connectivity index (χ3n) is 3.48. The topological polar surface area (TPSA) is 75.6 Å². The Hall–Kier alpha value is -1.01. The molecule has 2 aliphatic rings. The molecule has 0 aromatic heterocycles. The molecule has 0 spiro atoms. The first-order valence-electron chi connectivity index (χ1n) is 5.78. The zero-order chi connectivity index (χ0) is 12.6. The number of alkyl halides is 1. The molecule has 2 saturated heterocycles. The molecule has 2 amide bonds. The summed E-state index contributed by atoms with van der Waals surface area (Å²) in [4.78, 5) is 22.9. The van der Waals surface area contributed by atoms with E-state index in [1.807, 2.05) is 0 Å². The molecule has 0 radical (unpaired) electrons. The Morgan fingerprint density at radius 1 is 1.41 bits per heavy atom. The summed E-state index contributed by atoms with van der Waals surface area (Å²) in [5.74, 6) is -1.46. The maximum Gasteiger partial charge on any atom is 0.232 e. The fourth-order valence-corrected chi connectivity index (χ4v) is 2.41. The molecule has 96 valence electrons. The van der Waals surface area contributed by atoms with E-state index in [0.29, 0.717) is 6.42 Å². The van der Waals surface area contributed by atoms with E-state index < -0.39 is 30.2 Å². The molecule has 17 heavy (non-hydrogen) atoms. The van der Waals surface area contributed by atoms with Gasteiger partial charge in [-0.05, 0) is 6.42 Å². The van der Waals surface area contributed by atoms with Gasteiger partial charge in [-0.3, -0.25) is 14.9 Å². The average molecular weight is 244 g/mol. The van der Waals surface area contributed by atoms with Gasteiger partial charge in [0.15, 0.2) is 0 Å². The van der Waals surface area contributed by atoms with Gasteiger partial charge in [-0.15, -0.1) is 0 Å². The maximum atomic E-state index is 13.4. The Morgan fingerprint density at radius 2 is 2.12 bits per heavy atom. The van der Waals surface area contributed by atoms with Crippen molar-refractivity contribution in [2.75, 3.05) is 6.61 Å². The molecule has 2 unspecified atom stereocenters. The number of hydrogen-bond donors (Lipinski definition) is 2. The molecular weight excluding hydrogens is 228 g/mol. The zero-order valence-electron chi connectivity index (χ0n) is 9.56. The number of aliphatic hydroxyl groups is 1. The highest BCUT2D eigenvalue weighted by molar-refractivity contribution is 5.99. The Labute approximate surface area is 98.3 Å². The number of imide groups is 1. The van der Waals surface area contributed by atoms with E-state index in [1.165, 1.54) is 0 Å². The van der Waals surface area contributed by atoms with E-state index in [4.69, 9.17) is 9.84 Å². The van der Waals surface area contributed by atoms with Crippen LogP contribution >= 0.6 is 0 Å². The largest absolute Gasteiger partial charge is 0.394 e. The number of carbonyl (C=O) groups excluding carboxylic acids is 2. The van der Waals surface area contributed by atoms with Gasteiger partial charge in [0.1, 0.15) is 12.3 Å². The van der Waals surface area contributed by atoms with Crippen molar-refractivity contribution in [1.29, 1.82) is 0 Å². The summed E-state index contributed by atoms with van der Waals surface area (Å²) in [5.41, 5.74) is 0. The molecule has 2 N–H and O–H groups in total. The molecule has 2 aliphatic heterocycles. The van der Waals surface area contributed by atoms with Gasteiger partial charge in [0.05, 0.1) is 18.6 Å². The first kappa shape index (κ1) is 12.4. The molecule has 0 aliphatic carbocycles. The highest BCUT2D eigenvalue weighted by Crippen LogP contribution is 2.32. The molecule has 5 nitrogen and oxygen atoms in total. The van der Waals surface area contributed by atoms with Crippen molar-refractivity contribution in [3.63, 3.8) is 0 Å². The lowest BCUT2D eigenvalue weighted by molar-refractivity contribution is -0.144. The molecule has 0 aromatic rings. The quantitative estimate of drug-likeness (QED) is 0.658. The number of amides is 2. The van der Waals surface area contributed by atoms with E-state index in [2.05, 4.69) is 5.32 Å². The smallest absolute Gasteiger partial charge is 0.232 e. The number of carbonyl (C=O) groups is 2. The van der Waals surface area contributed by atoms with Crippen molar-refractivity contribution < 1.29 is 23.8 Å². The van der Waals surface area contributed by atoms with Crippen LogP contribution in [-0.4, -0.2) is 41.9 Å². The molecule has 2 rings (SSSR count). The van der Waals surface area contributed by atoms with Crippen molar-refractivity contribution >= 4 is 11.8 Å². The second-order valence-electron chi connectivity index (χ2n) is 4.74. The van der Waals surface area contributed by atoms with E-state index in [9.17, 15) is 14.0 Å². The summed E-state index contributed by atoms with van der Waals surface area (Å²) >= 11 is 0. The van der Waals surface area contributed by atoms with Crippen LogP contribution in [0.15, 0.2) is 0 Å². The minimum atomic E-state index is -1.24. The Morgan fingerprint density at radius 3 is 2.71 bits per heavy atom. The minimum Gasteiger partial charge on any atom is -0.394 e. The first-order valence-corrected chi connectivity index (χ1v) is 5.78. The molecule has 2 heterocycles. The molecule has 6 heteroatoms. The summed E-state index contributed by atoms with van der Waals surface area (Å²) in [7, 11) is 0. The molecule has 0 bridgehead atoms. The van der Waals surface area contributed by atoms with Gasteiger partial charge in [0.25, 0.3) is 0 Å². The highest BCUT2D eigenvalue weighted by Gasteiger charge is 2.44. The fraction of sp³-hybridized carbons (Fsp3) is 0.818. The highest BCUT2D eigenvalue weighted by atomic mass is 18.2. The van der Waals surface area contributed by atoms with Gasteiger partial charge in [0, 0.05) is 12.3 Å². The molecular formula is C11H16FNO4. The second kappa shape index (κ2) is 4.70. The first-order chi connectivity index (χ1) is 8.02. The number of nitrogens with one attached hydrogen (secondary N) is 1. The van der Waals surface area contributed by atoms with Crippen LogP contribution in [0, 0.1) is 11.8 Å². The molecule has 0 saturated carbocycles. The summed E-state index contributed by atoms with van der Waals surface area (Å²) in [6, 6.07) is 0. The van der Waals surface area contributed by atoms with Crippen molar-refractivity contribution in [2.45, 2.75) is 38.1 Å². The van der Waals surface area contributed by atoms with Crippen LogP contribution < -0.4 is 5.32 Å². The van der Waals surface area contributed by atoms with E-state index >= 15 is 0 Å². The monoisotopic (exact) mass is 244 g/mol. The number of hydrogen-bond acceptors (Lipinski definition) is 4. The van der Waals surface area contributed by atoms with Crippen LogP contribution in [0.4, 0.5) is 4.39 Å². The van der Waals surface area contributed by atoms with Gasteiger partial charge >= 0.3 is 0 Å². The van der Waals surface area contributed by atoms with Gasteiger partial charge in [-0.1, -0.05) is 6.92 Å². The molecule has 5 atom stereocenters. The Kier molecular flexibility index (Phi) is 3.44. The van der Waals surface area contributed by atoms with Crippen LogP contribution in [0.3, 0.4) is 0 Å². The average Bonchev–Trinajstić information content (AvgIpc) is 2.65. The van der Waals surface area contributed by atoms with Gasteiger partial charge in [-0.2, -0.15) is 0 Å². The van der Waals surface area contributed by atoms with Crippen molar-refractivity contribution in [3.05, 3.63) is 0 Å². The minimum absolute atomic E-state index is 0.101. The Balaban J connectivity index is 2.03. The van der Waals surface area contributed by atoms with Crippen molar-refractivity contribution in [2.24, 2.45) is 11.8 Å². The number of piperidine rings is 1. The lowest BCUT2D eigenvalue weighted by atomic mass is 9.85. The maximum absolute atomic E-state index is 13.4. The second-order valence-corrected chi connectivity index (χ2v) is 4.74. The summed E-state index contributed by atoms with van der Waals surface area (Å²) < 4.78 is 18.7. The van der Waals surface area contributed by atoms with Crippen molar-refractivity contribution in [1.82, 2.24) is 5.32 Å². The lowest BCUT2D eigenvalue weighted by Gasteiger charge is -2.29. The zero-order valence-corrected chi connectivity index (χ0v) is 9.56. The van der Waals surface area contributed by atoms with Gasteiger partial charge in [-0.25, -0.2) is 4.39 Å². The summed E-state index contributed by atoms with van der Waals surface area (Å²) in [6.07, 6.45) is -2.16. The van der Waals surface area contributed by atoms with E-state index in [0.717, 1.165) is 0 Å². The standard InChI is InChI=1S/C11H16FNO4/c1-5-2-6(11(16)13-10(5)15)8-3-7(12)9(4-14)17-8/h5-9,14H,2-4H2,1H3,(H,13,15,16)/t5?,6?,7-,8-,9-/m1/s1/i12-1. The van der Waals surface area contributed by atoms with E-state index in [1.54, 1.807) is 6.92 Å². The normalized spacial score (nSPS) is 42.6. The molecule has 0 aromatic carbocycles. The Bertz CT molecular complexity index is 335. The number of rotatable bonds is 2. The predicted octanol–water partition coefficient (Wildman–Crippen LogP) is -0.227. The van der Waals surface area contributed by atoms with Crippen LogP contribution in [-0.2, 0) is 14.3 Å². The summed E-state index contributed by atoms with van der Waals surface area (Å²) in [5, 5.41) is 11.2. The van der Waals surface area contributed by atoms with Crippen LogP contribution in [0.25, 0.3) is 0 Å². The number of ether oxygens (including phenoxy) is 1. The third kappa shape index (κ3) is 2.32. The van der Waals surface area contributed by atoms with Gasteiger partial charge in [0.2, 0.25) is 11.8 Å². The van der Waals surface area contributed by atoms with Crippen LogP contribution in [0.2, 0.25) is 0 Å². The lowest BCUT2D eigenvalue weighted by Crippen LogP contribution is -2.49. The van der Waals surface area contributed by atoms with Crippen LogP contribution in [0.1, 0.15) is 19.8 Å². The third-order valence-corrected chi connectivity index (χ3v) is 3.48. The fourth-order valence-electron chi connectivity index (χ4n) is 2.41. The molecule has 2 fully saturated rings. The predicted molar refractivity (Wildman–Crippen MR) is 55.7 cm³/mol. The van der Waals surface area contributed by atoms with E-state index in [-0.39, 0.29) is 24.9 Å². The number of halogens is 1.